The first-order valence-corrected chi connectivity index (χ1v) is 7.64. The van der Waals surface area contributed by atoms with E-state index in [1.807, 2.05) is 17.8 Å². The first kappa shape index (κ1) is 15.0. The number of nitrogens with one attached hydrogen (secondary N) is 1. The number of unbranched alkanes of at least 4 members (excludes halogenated alkanes) is 1. The van der Waals surface area contributed by atoms with E-state index >= 15 is 0 Å². The monoisotopic (exact) mass is 279 g/mol. The number of hydrogen-bond donors (Lipinski definition) is 1. The van der Waals surface area contributed by atoms with E-state index in [0.29, 0.717) is 0 Å². The molecule has 0 aliphatic carbocycles. The highest BCUT2D eigenvalue weighted by Gasteiger charge is 2.17. The zero-order valence-corrected chi connectivity index (χ0v) is 12.5. The Hall–Kier alpha value is -1.36. The molecule has 0 spiro atoms. The van der Waals surface area contributed by atoms with Gasteiger partial charge in [0.2, 0.25) is 5.91 Å². The van der Waals surface area contributed by atoms with Crippen LogP contribution in [0.25, 0.3) is 0 Å². The first-order valence-electron chi connectivity index (χ1n) is 7.64. The SMILES string of the molecule is CCCC[C@H](C)C(=O)Nc1cnn(C[C@H]2CCCO2)c1. The molecule has 112 valence electrons. The molecule has 0 bridgehead atoms. The van der Waals surface area contributed by atoms with Crippen molar-refractivity contribution in [3.63, 3.8) is 0 Å². The van der Waals surface area contributed by atoms with Crippen LogP contribution in [0.15, 0.2) is 12.4 Å². The molecule has 5 nitrogen and oxygen atoms in total. The summed E-state index contributed by atoms with van der Waals surface area (Å²) >= 11 is 0. The van der Waals surface area contributed by atoms with Gasteiger partial charge >= 0.3 is 0 Å². The fourth-order valence-corrected chi connectivity index (χ4v) is 2.43. The van der Waals surface area contributed by atoms with Crippen molar-refractivity contribution in [1.29, 1.82) is 0 Å². The summed E-state index contributed by atoms with van der Waals surface area (Å²) in [4.78, 5) is 12.0. The summed E-state index contributed by atoms with van der Waals surface area (Å²) in [5.74, 6) is 0.131. The molecule has 1 fully saturated rings. The lowest BCUT2D eigenvalue weighted by atomic mass is 10.0. The normalized spacial score (nSPS) is 20.0. The van der Waals surface area contributed by atoms with Crippen LogP contribution in [0.4, 0.5) is 5.69 Å². The van der Waals surface area contributed by atoms with Crippen LogP contribution in [0.2, 0.25) is 0 Å². The van der Waals surface area contributed by atoms with Crippen molar-refractivity contribution in [3.8, 4) is 0 Å². The lowest BCUT2D eigenvalue weighted by Gasteiger charge is -2.10. The molecule has 0 unspecified atom stereocenters. The standard InChI is InChI=1S/C15H25N3O2/c1-3-4-6-12(2)15(19)17-13-9-16-18(10-13)11-14-7-5-8-20-14/h9-10,12,14H,3-8,11H2,1-2H3,(H,17,19)/t12-,14+/m0/s1. The predicted octanol–water partition coefficient (Wildman–Crippen LogP) is 2.83. The second-order valence-corrected chi connectivity index (χ2v) is 5.62. The van der Waals surface area contributed by atoms with Gasteiger partial charge in [-0.3, -0.25) is 9.48 Å². The van der Waals surface area contributed by atoms with E-state index in [-0.39, 0.29) is 17.9 Å². The molecule has 0 aromatic carbocycles. The van der Waals surface area contributed by atoms with Gasteiger partial charge in [0.15, 0.2) is 0 Å². The Morgan fingerprint density at radius 3 is 3.20 bits per heavy atom. The van der Waals surface area contributed by atoms with Crippen LogP contribution in [-0.4, -0.2) is 28.4 Å². The number of amides is 1. The summed E-state index contributed by atoms with van der Waals surface area (Å²) in [5.41, 5.74) is 0.774. The third-order valence-electron chi connectivity index (χ3n) is 3.75. The maximum Gasteiger partial charge on any atom is 0.227 e. The van der Waals surface area contributed by atoms with Gasteiger partial charge in [-0.25, -0.2) is 0 Å². The minimum Gasteiger partial charge on any atom is -0.376 e. The zero-order chi connectivity index (χ0) is 14.4. The van der Waals surface area contributed by atoms with Gasteiger partial charge in [-0.05, 0) is 19.3 Å². The summed E-state index contributed by atoms with van der Waals surface area (Å²) in [6.45, 7) is 5.73. The third kappa shape index (κ3) is 4.34. The maximum absolute atomic E-state index is 12.0. The van der Waals surface area contributed by atoms with Gasteiger partial charge in [0, 0.05) is 18.7 Å². The predicted molar refractivity (Wildman–Crippen MR) is 78.5 cm³/mol. The van der Waals surface area contributed by atoms with E-state index in [1.54, 1.807) is 6.20 Å². The van der Waals surface area contributed by atoms with Crippen molar-refractivity contribution >= 4 is 11.6 Å². The van der Waals surface area contributed by atoms with E-state index in [0.717, 1.165) is 50.9 Å². The molecule has 1 aromatic heterocycles. The van der Waals surface area contributed by atoms with Crippen LogP contribution in [-0.2, 0) is 16.1 Å². The van der Waals surface area contributed by atoms with Gasteiger partial charge in [-0.1, -0.05) is 26.7 Å². The van der Waals surface area contributed by atoms with Crippen molar-refractivity contribution < 1.29 is 9.53 Å². The number of carbonyl (C=O) groups excluding carboxylic acids is 1. The Labute approximate surface area is 120 Å². The van der Waals surface area contributed by atoms with E-state index in [2.05, 4.69) is 17.3 Å². The van der Waals surface area contributed by atoms with Crippen LogP contribution in [0.1, 0.15) is 46.0 Å². The van der Waals surface area contributed by atoms with Crippen molar-refractivity contribution in [1.82, 2.24) is 9.78 Å². The number of aromatic nitrogens is 2. The van der Waals surface area contributed by atoms with Crippen LogP contribution in [0.5, 0.6) is 0 Å². The van der Waals surface area contributed by atoms with Crippen LogP contribution in [0.3, 0.4) is 0 Å². The molecule has 1 N–H and O–H groups in total. The molecular formula is C15H25N3O2. The summed E-state index contributed by atoms with van der Waals surface area (Å²) in [7, 11) is 0. The topological polar surface area (TPSA) is 56.2 Å². The Morgan fingerprint density at radius 2 is 2.50 bits per heavy atom. The van der Waals surface area contributed by atoms with E-state index < -0.39 is 0 Å². The lowest BCUT2D eigenvalue weighted by molar-refractivity contribution is -0.119. The molecule has 0 saturated carbocycles. The molecule has 1 aromatic rings. The quantitative estimate of drug-likeness (QED) is 0.835. The highest BCUT2D eigenvalue weighted by molar-refractivity contribution is 5.91. The molecular weight excluding hydrogens is 254 g/mol. The molecule has 1 aliphatic heterocycles. The molecule has 2 heterocycles. The Balaban J connectivity index is 1.80. The molecule has 20 heavy (non-hydrogen) atoms. The Morgan fingerprint density at radius 1 is 1.65 bits per heavy atom. The molecule has 0 radical (unpaired) electrons. The molecule has 1 saturated heterocycles. The minimum absolute atomic E-state index is 0.0523. The van der Waals surface area contributed by atoms with Gasteiger partial charge in [0.25, 0.3) is 0 Å². The molecule has 5 heteroatoms. The van der Waals surface area contributed by atoms with Crippen LogP contribution < -0.4 is 5.32 Å². The molecule has 1 aliphatic rings. The lowest BCUT2D eigenvalue weighted by Crippen LogP contribution is -2.20. The number of rotatable bonds is 7. The number of nitrogens with zero attached hydrogens (tertiary/aromatic N) is 2. The van der Waals surface area contributed by atoms with Crippen LogP contribution >= 0.6 is 0 Å². The molecule has 2 atom stereocenters. The largest absolute Gasteiger partial charge is 0.376 e. The van der Waals surface area contributed by atoms with Crippen LogP contribution in [0, 0.1) is 5.92 Å². The Bertz CT molecular complexity index is 425. The summed E-state index contributed by atoms with van der Waals surface area (Å²) in [6, 6.07) is 0. The maximum atomic E-state index is 12.0. The molecule has 1 amide bonds. The molecule has 2 rings (SSSR count). The van der Waals surface area contributed by atoms with Gasteiger partial charge < -0.3 is 10.1 Å². The van der Waals surface area contributed by atoms with Crippen molar-refractivity contribution in [2.45, 2.75) is 58.6 Å². The van der Waals surface area contributed by atoms with E-state index in [4.69, 9.17) is 4.74 Å². The van der Waals surface area contributed by atoms with E-state index in [9.17, 15) is 4.79 Å². The smallest absolute Gasteiger partial charge is 0.227 e. The summed E-state index contributed by atoms with van der Waals surface area (Å²) in [6.07, 6.45) is 9.23. The minimum atomic E-state index is 0.0523. The highest BCUT2D eigenvalue weighted by atomic mass is 16.5. The number of ether oxygens (including phenoxy) is 1. The van der Waals surface area contributed by atoms with Gasteiger partial charge in [-0.15, -0.1) is 0 Å². The van der Waals surface area contributed by atoms with Gasteiger partial charge in [-0.2, -0.15) is 5.10 Å². The number of carbonyl (C=O) groups is 1. The highest BCUT2D eigenvalue weighted by Crippen LogP contribution is 2.16. The van der Waals surface area contributed by atoms with Gasteiger partial charge in [0.05, 0.1) is 24.5 Å². The Kier molecular flexibility index (Phi) is 5.59. The van der Waals surface area contributed by atoms with Crippen molar-refractivity contribution in [2.75, 3.05) is 11.9 Å². The number of anilines is 1. The van der Waals surface area contributed by atoms with Crippen molar-refractivity contribution in [2.24, 2.45) is 5.92 Å². The average molecular weight is 279 g/mol. The van der Waals surface area contributed by atoms with Crippen molar-refractivity contribution in [3.05, 3.63) is 12.4 Å². The summed E-state index contributed by atoms with van der Waals surface area (Å²) < 4.78 is 7.43. The fourth-order valence-electron chi connectivity index (χ4n) is 2.43. The van der Waals surface area contributed by atoms with Gasteiger partial charge in [0.1, 0.15) is 0 Å². The first-order chi connectivity index (χ1) is 9.69. The average Bonchev–Trinajstić information content (AvgIpc) is 3.08. The summed E-state index contributed by atoms with van der Waals surface area (Å²) in [5, 5.41) is 7.21. The third-order valence-corrected chi connectivity index (χ3v) is 3.75. The second kappa shape index (κ2) is 7.43. The fraction of sp³-hybridized carbons (Fsp3) is 0.733. The zero-order valence-electron chi connectivity index (χ0n) is 12.5. The number of hydrogen-bond acceptors (Lipinski definition) is 3. The van der Waals surface area contributed by atoms with E-state index in [1.165, 1.54) is 0 Å². The second-order valence-electron chi connectivity index (χ2n) is 5.62.